The molecule has 1 heterocycles. The number of nitrogens with zero attached hydrogens (tertiary/aromatic N) is 2. The van der Waals surface area contributed by atoms with Crippen molar-refractivity contribution in [1.29, 1.82) is 0 Å². The summed E-state index contributed by atoms with van der Waals surface area (Å²) in [6.45, 7) is 3.88. The van der Waals surface area contributed by atoms with Gasteiger partial charge in [-0.25, -0.2) is 4.79 Å². The minimum absolute atomic E-state index is 0.00440. The van der Waals surface area contributed by atoms with Gasteiger partial charge in [0.25, 0.3) is 5.91 Å². The summed E-state index contributed by atoms with van der Waals surface area (Å²) in [6.07, 6.45) is 0. The molecule has 2 aromatic carbocycles. The summed E-state index contributed by atoms with van der Waals surface area (Å²) in [5.41, 5.74) is -2.34. The number of ether oxygens (including phenoxy) is 1. The van der Waals surface area contributed by atoms with Gasteiger partial charge in [-0.05, 0) is 31.5 Å². The molecule has 1 N–H and O–H groups in total. The molecule has 29 heavy (non-hydrogen) atoms. The molecule has 2 aromatic rings. The maximum absolute atomic E-state index is 13.2. The zero-order chi connectivity index (χ0) is 21.3. The molecule has 8 heteroatoms. The van der Waals surface area contributed by atoms with E-state index in [-0.39, 0.29) is 12.3 Å². The number of hydrogen-bond acceptors (Lipinski definition) is 6. The number of amides is 1. The molecule has 0 radical (unpaired) electrons. The van der Waals surface area contributed by atoms with Crippen molar-refractivity contribution in [3.63, 3.8) is 0 Å². The SMILES string of the molecule is CCOC(=O)C1=C(c2cccc3ccccc23)N(C(C)C)C(=O)[C@@]1(O)C[N+](=O)[O-]. The van der Waals surface area contributed by atoms with Crippen LogP contribution in [0.4, 0.5) is 0 Å². The van der Waals surface area contributed by atoms with E-state index in [4.69, 9.17) is 4.74 Å². The molecule has 0 spiro atoms. The molecule has 0 saturated carbocycles. The molecule has 0 bridgehead atoms. The van der Waals surface area contributed by atoms with Crippen molar-refractivity contribution in [2.45, 2.75) is 32.4 Å². The number of rotatable bonds is 6. The predicted molar refractivity (Wildman–Crippen MR) is 106 cm³/mol. The van der Waals surface area contributed by atoms with Gasteiger partial charge in [0.15, 0.2) is 0 Å². The highest BCUT2D eigenvalue weighted by molar-refractivity contribution is 6.17. The van der Waals surface area contributed by atoms with E-state index < -0.39 is 40.6 Å². The normalized spacial score (nSPS) is 19.3. The van der Waals surface area contributed by atoms with Crippen LogP contribution in [0.1, 0.15) is 26.3 Å². The van der Waals surface area contributed by atoms with Gasteiger partial charge in [-0.15, -0.1) is 0 Å². The van der Waals surface area contributed by atoms with Crippen LogP contribution in [-0.2, 0) is 14.3 Å². The third-order valence-corrected chi connectivity index (χ3v) is 4.86. The Balaban J connectivity index is 2.41. The smallest absolute Gasteiger partial charge is 0.339 e. The fourth-order valence-electron chi connectivity index (χ4n) is 3.72. The molecule has 1 aliphatic rings. The number of fused-ring (bicyclic) bond motifs is 1. The topological polar surface area (TPSA) is 110 Å². The fourth-order valence-corrected chi connectivity index (χ4v) is 3.72. The Kier molecular flexibility index (Phi) is 5.39. The van der Waals surface area contributed by atoms with Gasteiger partial charge in [-0.1, -0.05) is 42.5 Å². The summed E-state index contributed by atoms with van der Waals surface area (Å²) in [5.74, 6) is -1.86. The van der Waals surface area contributed by atoms with Crippen LogP contribution in [-0.4, -0.2) is 51.6 Å². The Bertz CT molecular complexity index is 1020. The largest absolute Gasteiger partial charge is 0.462 e. The van der Waals surface area contributed by atoms with Gasteiger partial charge in [0.1, 0.15) is 5.57 Å². The standard InChI is InChI=1S/C21H22N2O6/c1-4-29-19(24)17-18(16-11-7-9-14-8-5-6-10-15(14)16)23(13(2)3)20(25)21(17,26)12-22(27)28/h5-11,13,26H,4,12H2,1-3H3/t21-/m1/s1. The second-order valence-electron chi connectivity index (χ2n) is 7.09. The number of nitro groups is 1. The minimum Gasteiger partial charge on any atom is -0.462 e. The first-order valence-corrected chi connectivity index (χ1v) is 9.30. The number of aliphatic hydroxyl groups is 1. The fraction of sp³-hybridized carbons (Fsp3) is 0.333. The molecular weight excluding hydrogens is 376 g/mol. The first kappa shape index (κ1) is 20.5. The Hall–Kier alpha value is -3.26. The molecular formula is C21H22N2O6. The average Bonchev–Trinajstić information content (AvgIpc) is 2.88. The van der Waals surface area contributed by atoms with Crippen molar-refractivity contribution in [2.24, 2.45) is 0 Å². The lowest BCUT2D eigenvalue weighted by molar-refractivity contribution is -0.494. The zero-order valence-electron chi connectivity index (χ0n) is 16.4. The van der Waals surface area contributed by atoms with Gasteiger partial charge in [-0.3, -0.25) is 14.9 Å². The van der Waals surface area contributed by atoms with Crippen molar-refractivity contribution in [3.05, 3.63) is 63.7 Å². The summed E-state index contributed by atoms with van der Waals surface area (Å²) < 4.78 is 5.08. The van der Waals surface area contributed by atoms with E-state index in [1.54, 1.807) is 32.9 Å². The van der Waals surface area contributed by atoms with E-state index in [0.29, 0.717) is 5.56 Å². The zero-order valence-corrected chi connectivity index (χ0v) is 16.4. The van der Waals surface area contributed by atoms with Crippen molar-refractivity contribution in [2.75, 3.05) is 13.2 Å². The second kappa shape index (κ2) is 7.63. The third-order valence-electron chi connectivity index (χ3n) is 4.86. The highest BCUT2D eigenvalue weighted by Gasteiger charge is 2.59. The van der Waals surface area contributed by atoms with Crippen LogP contribution in [0.25, 0.3) is 16.5 Å². The molecule has 152 valence electrons. The van der Waals surface area contributed by atoms with Crippen molar-refractivity contribution in [3.8, 4) is 0 Å². The number of carbonyl (C=O) groups excluding carboxylic acids is 2. The van der Waals surface area contributed by atoms with Gasteiger partial charge in [0.2, 0.25) is 12.1 Å². The molecule has 8 nitrogen and oxygen atoms in total. The number of esters is 1. The summed E-state index contributed by atoms with van der Waals surface area (Å²) in [6, 6.07) is 12.3. The van der Waals surface area contributed by atoms with Crippen LogP contribution in [0, 0.1) is 10.1 Å². The van der Waals surface area contributed by atoms with Gasteiger partial charge in [-0.2, -0.15) is 0 Å². The molecule has 1 aliphatic heterocycles. The van der Waals surface area contributed by atoms with E-state index in [1.807, 2.05) is 30.3 Å². The van der Waals surface area contributed by atoms with E-state index in [0.717, 1.165) is 10.8 Å². The maximum Gasteiger partial charge on any atom is 0.339 e. The summed E-state index contributed by atoms with van der Waals surface area (Å²) in [4.78, 5) is 37.7. The van der Waals surface area contributed by atoms with Crippen molar-refractivity contribution >= 4 is 28.3 Å². The molecule has 0 aromatic heterocycles. The number of benzene rings is 2. The number of hydrogen-bond donors (Lipinski definition) is 1. The first-order valence-electron chi connectivity index (χ1n) is 9.30. The van der Waals surface area contributed by atoms with Crippen LogP contribution in [0.15, 0.2) is 48.0 Å². The highest BCUT2D eigenvalue weighted by atomic mass is 16.6. The van der Waals surface area contributed by atoms with E-state index in [2.05, 4.69) is 0 Å². The Morgan fingerprint density at radius 3 is 2.52 bits per heavy atom. The molecule has 0 fully saturated rings. The lowest BCUT2D eigenvalue weighted by atomic mass is 9.91. The van der Waals surface area contributed by atoms with E-state index in [1.165, 1.54) is 4.90 Å². The maximum atomic E-state index is 13.2. The lowest BCUT2D eigenvalue weighted by Crippen LogP contribution is -2.50. The van der Waals surface area contributed by atoms with E-state index >= 15 is 0 Å². The Morgan fingerprint density at radius 1 is 1.24 bits per heavy atom. The second-order valence-corrected chi connectivity index (χ2v) is 7.09. The number of carbonyl (C=O) groups is 2. The van der Waals surface area contributed by atoms with Gasteiger partial charge >= 0.3 is 5.97 Å². The summed E-state index contributed by atoms with van der Waals surface area (Å²) >= 11 is 0. The average molecular weight is 398 g/mol. The highest BCUT2D eigenvalue weighted by Crippen LogP contribution is 2.43. The molecule has 1 amide bonds. The quantitative estimate of drug-likeness (QED) is 0.454. The van der Waals surface area contributed by atoms with Crippen LogP contribution < -0.4 is 0 Å². The van der Waals surface area contributed by atoms with Gasteiger partial charge in [0, 0.05) is 16.5 Å². The van der Waals surface area contributed by atoms with Crippen LogP contribution in [0.2, 0.25) is 0 Å². The Labute approximate surface area is 167 Å². The van der Waals surface area contributed by atoms with Gasteiger partial charge < -0.3 is 14.7 Å². The van der Waals surface area contributed by atoms with Crippen LogP contribution in [0.3, 0.4) is 0 Å². The molecule has 1 atom stereocenters. The van der Waals surface area contributed by atoms with Crippen LogP contribution >= 0.6 is 0 Å². The molecule has 3 rings (SSSR count). The Morgan fingerprint density at radius 2 is 1.90 bits per heavy atom. The first-order chi connectivity index (χ1) is 13.7. The minimum atomic E-state index is -2.60. The van der Waals surface area contributed by atoms with Crippen molar-refractivity contribution < 1.29 is 24.4 Å². The van der Waals surface area contributed by atoms with Crippen molar-refractivity contribution in [1.82, 2.24) is 4.90 Å². The van der Waals surface area contributed by atoms with Crippen LogP contribution in [0.5, 0.6) is 0 Å². The molecule has 0 aliphatic carbocycles. The predicted octanol–water partition coefficient (Wildman–Crippen LogP) is 2.37. The monoisotopic (exact) mass is 398 g/mol. The molecule has 0 unspecified atom stereocenters. The summed E-state index contributed by atoms with van der Waals surface area (Å²) in [5, 5.41) is 24.0. The summed E-state index contributed by atoms with van der Waals surface area (Å²) in [7, 11) is 0. The van der Waals surface area contributed by atoms with E-state index in [9.17, 15) is 24.8 Å². The lowest BCUT2D eigenvalue weighted by Gasteiger charge is -2.26. The van der Waals surface area contributed by atoms with Gasteiger partial charge in [0.05, 0.1) is 12.3 Å². The third kappa shape index (κ3) is 3.36. The molecule has 0 saturated heterocycles.